The lowest BCUT2D eigenvalue weighted by atomic mass is 10.1. The number of alkyl halides is 3. The average molecular weight is 273 g/mol. The quantitative estimate of drug-likeness (QED) is 0.829. The fourth-order valence-corrected chi connectivity index (χ4v) is 1.33. The van der Waals surface area contributed by atoms with E-state index in [-0.39, 0.29) is 12.1 Å². The fraction of sp³-hybridized carbons (Fsp3) is 0.167. The van der Waals surface area contributed by atoms with Crippen molar-refractivity contribution in [2.75, 3.05) is 5.32 Å². The summed E-state index contributed by atoms with van der Waals surface area (Å²) in [6.45, 7) is 3.31. The number of carbonyl (C=O) groups excluding carboxylic acids is 1. The molecule has 0 heterocycles. The van der Waals surface area contributed by atoms with E-state index in [0.717, 1.165) is 6.07 Å². The molecule has 0 saturated carbocycles. The van der Waals surface area contributed by atoms with Crippen molar-refractivity contribution in [1.29, 1.82) is 0 Å². The predicted octanol–water partition coefficient (Wildman–Crippen LogP) is 2.92. The Balaban J connectivity index is 3.17. The van der Waals surface area contributed by atoms with Gasteiger partial charge in [0.2, 0.25) is 5.91 Å². The number of hydrogen-bond acceptors (Lipinski definition) is 2. The first-order chi connectivity index (χ1) is 8.74. The van der Waals surface area contributed by atoms with Crippen LogP contribution >= 0.6 is 0 Å². The van der Waals surface area contributed by atoms with Crippen molar-refractivity contribution >= 4 is 17.6 Å². The van der Waals surface area contributed by atoms with Crippen molar-refractivity contribution in [3.8, 4) is 0 Å². The van der Waals surface area contributed by atoms with Crippen molar-refractivity contribution in [3.63, 3.8) is 0 Å². The van der Waals surface area contributed by atoms with E-state index < -0.39 is 29.2 Å². The van der Waals surface area contributed by atoms with Gasteiger partial charge in [0.25, 0.3) is 0 Å². The number of hydrogen-bond donors (Lipinski definition) is 2. The van der Waals surface area contributed by atoms with E-state index >= 15 is 0 Å². The van der Waals surface area contributed by atoms with Crippen molar-refractivity contribution in [2.45, 2.75) is 12.6 Å². The molecule has 102 valence electrons. The van der Waals surface area contributed by atoms with Crippen LogP contribution in [0.3, 0.4) is 0 Å². The number of halogens is 3. The Bertz CT molecular complexity index is 523. The van der Waals surface area contributed by atoms with E-state index in [4.69, 9.17) is 5.11 Å². The van der Waals surface area contributed by atoms with Gasteiger partial charge in [0, 0.05) is 12.1 Å². The van der Waals surface area contributed by atoms with E-state index in [1.807, 2.05) is 0 Å². The highest BCUT2D eigenvalue weighted by atomic mass is 19.4. The van der Waals surface area contributed by atoms with Crippen LogP contribution in [-0.2, 0) is 11.0 Å². The minimum absolute atomic E-state index is 0.0847. The van der Waals surface area contributed by atoms with Gasteiger partial charge >= 0.3 is 12.1 Å². The molecule has 0 unspecified atom stereocenters. The van der Waals surface area contributed by atoms with Crippen LogP contribution in [0.25, 0.3) is 0 Å². The summed E-state index contributed by atoms with van der Waals surface area (Å²) >= 11 is 0. The zero-order chi connectivity index (χ0) is 14.6. The maximum atomic E-state index is 12.6. The first kappa shape index (κ1) is 14.7. The van der Waals surface area contributed by atoms with E-state index in [2.05, 4.69) is 11.9 Å². The first-order valence-electron chi connectivity index (χ1n) is 5.10. The van der Waals surface area contributed by atoms with E-state index in [1.54, 1.807) is 0 Å². The van der Waals surface area contributed by atoms with Crippen molar-refractivity contribution in [2.24, 2.45) is 0 Å². The molecule has 0 aliphatic heterocycles. The van der Waals surface area contributed by atoms with Crippen LogP contribution in [-0.4, -0.2) is 17.0 Å². The van der Waals surface area contributed by atoms with Gasteiger partial charge in [-0.05, 0) is 18.2 Å². The molecule has 0 bridgehead atoms. The summed E-state index contributed by atoms with van der Waals surface area (Å²) in [6, 6.07) is 2.14. The van der Waals surface area contributed by atoms with Crippen molar-refractivity contribution < 1.29 is 27.9 Å². The molecule has 0 aromatic heterocycles. The maximum Gasteiger partial charge on any atom is 0.416 e. The number of anilines is 1. The third-order valence-electron chi connectivity index (χ3n) is 2.12. The standard InChI is InChI=1S/C12H10F3NO3/c1-2-3-10(17)16-9-5-7(11(18)19)4-8(6-9)12(13,14)15/h2,4-6H,1,3H2,(H,16,17)(H,18,19). The SMILES string of the molecule is C=CCC(=O)Nc1cc(C(=O)O)cc(C(F)(F)F)c1. The van der Waals surface area contributed by atoms with Crippen LogP contribution < -0.4 is 5.32 Å². The number of aromatic carboxylic acids is 1. The van der Waals surface area contributed by atoms with Crippen LogP contribution in [0, 0.1) is 0 Å². The number of benzene rings is 1. The first-order valence-corrected chi connectivity index (χ1v) is 5.10. The van der Waals surface area contributed by atoms with Gasteiger partial charge < -0.3 is 10.4 Å². The molecule has 4 nitrogen and oxygen atoms in total. The highest BCUT2D eigenvalue weighted by Gasteiger charge is 2.32. The molecule has 1 aromatic rings. The van der Waals surface area contributed by atoms with Gasteiger partial charge in [-0.15, -0.1) is 6.58 Å². The molecule has 19 heavy (non-hydrogen) atoms. The lowest BCUT2D eigenvalue weighted by Gasteiger charge is -2.11. The van der Waals surface area contributed by atoms with Crippen LogP contribution in [0.15, 0.2) is 30.9 Å². The summed E-state index contributed by atoms with van der Waals surface area (Å²) in [5.74, 6) is -2.09. The van der Waals surface area contributed by atoms with Gasteiger partial charge in [0.05, 0.1) is 11.1 Å². The van der Waals surface area contributed by atoms with Crippen LogP contribution in [0.4, 0.5) is 18.9 Å². The molecule has 0 aliphatic rings. The van der Waals surface area contributed by atoms with E-state index in [0.29, 0.717) is 12.1 Å². The number of carbonyl (C=O) groups is 2. The summed E-state index contributed by atoms with van der Waals surface area (Å²) in [6.07, 6.45) is -3.50. The van der Waals surface area contributed by atoms with E-state index in [1.165, 1.54) is 6.08 Å². The Kier molecular flexibility index (Phi) is 4.31. The number of nitrogens with one attached hydrogen (secondary N) is 1. The number of rotatable bonds is 4. The molecular formula is C12H10F3NO3. The second kappa shape index (κ2) is 5.55. The zero-order valence-corrected chi connectivity index (χ0v) is 9.62. The van der Waals surface area contributed by atoms with Gasteiger partial charge in [-0.1, -0.05) is 6.08 Å². The van der Waals surface area contributed by atoms with Crippen molar-refractivity contribution in [1.82, 2.24) is 0 Å². The molecule has 0 aliphatic carbocycles. The van der Waals surface area contributed by atoms with Gasteiger partial charge in [-0.25, -0.2) is 4.79 Å². The Hall–Kier alpha value is -2.31. The molecule has 1 aromatic carbocycles. The van der Waals surface area contributed by atoms with Gasteiger partial charge in [-0.3, -0.25) is 4.79 Å². The summed E-state index contributed by atoms with van der Waals surface area (Å²) in [5.41, 5.74) is -1.91. The number of amides is 1. The molecule has 1 amide bonds. The molecule has 0 saturated heterocycles. The molecule has 0 atom stereocenters. The Labute approximate surface area is 106 Å². The highest BCUT2D eigenvalue weighted by molar-refractivity contribution is 5.94. The fourth-order valence-electron chi connectivity index (χ4n) is 1.33. The summed E-state index contributed by atoms with van der Waals surface area (Å²) in [7, 11) is 0. The summed E-state index contributed by atoms with van der Waals surface area (Å²) < 4.78 is 37.7. The molecular weight excluding hydrogens is 263 g/mol. The highest BCUT2D eigenvalue weighted by Crippen LogP contribution is 2.32. The molecule has 7 heteroatoms. The maximum absolute atomic E-state index is 12.6. The number of carboxylic acids is 1. The molecule has 2 N–H and O–H groups in total. The lowest BCUT2D eigenvalue weighted by molar-refractivity contribution is -0.137. The Morgan fingerprint density at radius 3 is 2.42 bits per heavy atom. The smallest absolute Gasteiger partial charge is 0.416 e. The average Bonchev–Trinajstić information content (AvgIpc) is 2.27. The third kappa shape index (κ3) is 4.13. The molecule has 0 spiro atoms. The largest absolute Gasteiger partial charge is 0.478 e. The zero-order valence-electron chi connectivity index (χ0n) is 9.62. The van der Waals surface area contributed by atoms with Crippen LogP contribution in [0.5, 0.6) is 0 Å². The van der Waals surface area contributed by atoms with Gasteiger partial charge in [-0.2, -0.15) is 13.2 Å². The topological polar surface area (TPSA) is 66.4 Å². The Morgan fingerprint density at radius 1 is 1.32 bits per heavy atom. The lowest BCUT2D eigenvalue weighted by Crippen LogP contribution is -2.13. The Morgan fingerprint density at radius 2 is 1.95 bits per heavy atom. The van der Waals surface area contributed by atoms with Crippen LogP contribution in [0.2, 0.25) is 0 Å². The minimum Gasteiger partial charge on any atom is -0.478 e. The van der Waals surface area contributed by atoms with Crippen molar-refractivity contribution in [3.05, 3.63) is 42.0 Å². The molecule has 0 fully saturated rings. The van der Waals surface area contributed by atoms with E-state index in [9.17, 15) is 22.8 Å². The van der Waals surface area contributed by atoms with Gasteiger partial charge in [0.15, 0.2) is 0 Å². The second-order valence-corrected chi connectivity index (χ2v) is 3.64. The predicted molar refractivity (Wildman–Crippen MR) is 61.8 cm³/mol. The summed E-state index contributed by atoms with van der Waals surface area (Å²) in [4.78, 5) is 22.0. The minimum atomic E-state index is -4.69. The van der Waals surface area contributed by atoms with Gasteiger partial charge in [0.1, 0.15) is 0 Å². The monoisotopic (exact) mass is 273 g/mol. The second-order valence-electron chi connectivity index (χ2n) is 3.64. The number of carboxylic acid groups (broad SMARTS) is 1. The molecule has 0 radical (unpaired) electrons. The van der Waals surface area contributed by atoms with Crippen LogP contribution in [0.1, 0.15) is 22.3 Å². The third-order valence-corrected chi connectivity index (χ3v) is 2.12. The summed E-state index contributed by atoms with van der Waals surface area (Å²) in [5, 5.41) is 10.9. The normalized spacial score (nSPS) is 10.9. The molecule has 1 rings (SSSR count).